The van der Waals surface area contributed by atoms with E-state index in [2.05, 4.69) is 17.1 Å². The molecule has 1 N–H and O–H groups in total. The Kier molecular flexibility index (Phi) is 7.06. The van der Waals surface area contributed by atoms with Crippen molar-refractivity contribution in [1.82, 2.24) is 15.1 Å². The van der Waals surface area contributed by atoms with Crippen molar-refractivity contribution in [3.8, 4) is 11.5 Å². The van der Waals surface area contributed by atoms with Crippen LogP contribution in [0.5, 0.6) is 11.5 Å². The highest BCUT2D eigenvalue weighted by atomic mass is 16.5. The molecular formula is C18H27N3O4. The number of nitrogens with one attached hydrogen (secondary N) is 1. The molecule has 1 fully saturated rings. The summed E-state index contributed by atoms with van der Waals surface area (Å²) in [5, 5.41) is 2.78. The van der Waals surface area contributed by atoms with Gasteiger partial charge in [0, 0.05) is 44.7 Å². The lowest BCUT2D eigenvalue weighted by molar-refractivity contribution is -0.132. The van der Waals surface area contributed by atoms with Gasteiger partial charge in [-0.15, -0.1) is 0 Å². The average Bonchev–Trinajstić information content (AvgIpc) is 2.67. The van der Waals surface area contributed by atoms with Crippen LogP contribution in [0, 0.1) is 0 Å². The van der Waals surface area contributed by atoms with Gasteiger partial charge in [-0.25, -0.2) is 0 Å². The number of ether oxygens (including phenoxy) is 2. The molecule has 1 aromatic carbocycles. The van der Waals surface area contributed by atoms with Crippen molar-refractivity contribution in [2.24, 2.45) is 0 Å². The van der Waals surface area contributed by atoms with E-state index in [1.165, 1.54) is 7.11 Å². The third-order valence-electron chi connectivity index (χ3n) is 4.44. The summed E-state index contributed by atoms with van der Waals surface area (Å²) in [6.07, 6.45) is 0.311. The Bertz CT molecular complexity index is 598. The molecule has 2 amide bonds. The van der Waals surface area contributed by atoms with Crippen molar-refractivity contribution in [1.29, 1.82) is 0 Å². The highest BCUT2D eigenvalue weighted by Gasteiger charge is 2.20. The second-order valence-electron chi connectivity index (χ2n) is 5.89. The lowest BCUT2D eigenvalue weighted by Crippen LogP contribution is -2.49. The summed E-state index contributed by atoms with van der Waals surface area (Å²) in [4.78, 5) is 28.6. The number of likely N-dealkylation sites (N-methyl/N-ethyl adjacent to an activating group) is 1. The normalized spacial score (nSPS) is 14.9. The maximum absolute atomic E-state index is 12.2. The van der Waals surface area contributed by atoms with E-state index in [4.69, 9.17) is 9.47 Å². The molecule has 7 heteroatoms. The summed E-state index contributed by atoms with van der Waals surface area (Å²) >= 11 is 0. The lowest BCUT2D eigenvalue weighted by atomic mass is 10.2. The minimum Gasteiger partial charge on any atom is -0.493 e. The Morgan fingerprint density at radius 3 is 2.36 bits per heavy atom. The third-order valence-corrected chi connectivity index (χ3v) is 4.44. The number of methoxy groups -OCH3 is 2. The summed E-state index contributed by atoms with van der Waals surface area (Å²) in [5.41, 5.74) is 0.474. The molecule has 138 valence electrons. The fourth-order valence-corrected chi connectivity index (χ4v) is 2.83. The van der Waals surface area contributed by atoms with Gasteiger partial charge >= 0.3 is 0 Å². The topological polar surface area (TPSA) is 71.1 Å². The molecule has 1 aliphatic heterocycles. The van der Waals surface area contributed by atoms with E-state index < -0.39 is 0 Å². The Labute approximate surface area is 148 Å². The van der Waals surface area contributed by atoms with Crippen LogP contribution in [0.4, 0.5) is 0 Å². The molecule has 1 aromatic rings. The fraction of sp³-hybridized carbons (Fsp3) is 0.556. The molecule has 2 rings (SSSR count). The van der Waals surface area contributed by atoms with Gasteiger partial charge in [0.25, 0.3) is 5.91 Å². The SMILES string of the molecule is CCN1CCN(C(=O)CCNC(=O)c2ccc(OC)c(OC)c2)CC1. The van der Waals surface area contributed by atoms with Crippen LogP contribution in [-0.2, 0) is 4.79 Å². The molecule has 0 unspecified atom stereocenters. The van der Waals surface area contributed by atoms with Gasteiger partial charge < -0.3 is 24.6 Å². The zero-order chi connectivity index (χ0) is 18.2. The number of benzene rings is 1. The minimum absolute atomic E-state index is 0.0864. The molecule has 25 heavy (non-hydrogen) atoms. The second kappa shape index (κ2) is 9.27. The van der Waals surface area contributed by atoms with Crippen LogP contribution in [0.25, 0.3) is 0 Å². The zero-order valence-corrected chi connectivity index (χ0v) is 15.2. The van der Waals surface area contributed by atoms with Gasteiger partial charge in [-0.05, 0) is 24.7 Å². The molecule has 0 atom stereocenters. The summed E-state index contributed by atoms with van der Waals surface area (Å²) in [6, 6.07) is 4.98. The Morgan fingerprint density at radius 1 is 1.08 bits per heavy atom. The average molecular weight is 349 g/mol. The van der Waals surface area contributed by atoms with Crippen LogP contribution in [-0.4, -0.2) is 75.1 Å². The van der Waals surface area contributed by atoms with Crippen LogP contribution < -0.4 is 14.8 Å². The van der Waals surface area contributed by atoms with E-state index in [0.29, 0.717) is 30.0 Å². The Morgan fingerprint density at radius 2 is 1.76 bits per heavy atom. The number of hydrogen-bond acceptors (Lipinski definition) is 5. The quantitative estimate of drug-likeness (QED) is 0.795. The second-order valence-corrected chi connectivity index (χ2v) is 5.89. The number of rotatable bonds is 7. The van der Waals surface area contributed by atoms with Gasteiger partial charge in [0.15, 0.2) is 11.5 Å². The van der Waals surface area contributed by atoms with Gasteiger partial charge in [-0.2, -0.15) is 0 Å². The Balaban J connectivity index is 1.79. The zero-order valence-electron chi connectivity index (χ0n) is 15.2. The summed E-state index contributed by atoms with van der Waals surface area (Å²) < 4.78 is 10.4. The minimum atomic E-state index is -0.232. The van der Waals surface area contributed by atoms with Gasteiger partial charge in [0.1, 0.15) is 0 Å². The van der Waals surface area contributed by atoms with E-state index in [1.807, 2.05) is 4.90 Å². The first kappa shape index (κ1) is 19.1. The van der Waals surface area contributed by atoms with Crippen molar-refractivity contribution in [3.05, 3.63) is 23.8 Å². The fourth-order valence-electron chi connectivity index (χ4n) is 2.83. The van der Waals surface area contributed by atoms with Crippen molar-refractivity contribution < 1.29 is 19.1 Å². The molecule has 0 aliphatic carbocycles. The number of nitrogens with zero attached hydrogens (tertiary/aromatic N) is 2. The molecule has 7 nitrogen and oxygen atoms in total. The molecule has 0 aromatic heterocycles. The molecule has 1 heterocycles. The number of piperazine rings is 1. The summed E-state index contributed by atoms with van der Waals surface area (Å²) in [7, 11) is 3.07. The molecule has 1 saturated heterocycles. The molecule has 0 radical (unpaired) electrons. The molecule has 1 aliphatic rings. The van der Waals surface area contributed by atoms with Gasteiger partial charge in [-0.1, -0.05) is 6.92 Å². The predicted molar refractivity (Wildman–Crippen MR) is 95.2 cm³/mol. The smallest absolute Gasteiger partial charge is 0.251 e. The van der Waals surface area contributed by atoms with E-state index in [1.54, 1.807) is 25.3 Å². The highest BCUT2D eigenvalue weighted by Crippen LogP contribution is 2.27. The molecule has 0 spiro atoms. The van der Waals surface area contributed by atoms with Crippen molar-refractivity contribution in [3.63, 3.8) is 0 Å². The third kappa shape index (κ3) is 5.09. The maximum Gasteiger partial charge on any atom is 0.251 e. The largest absolute Gasteiger partial charge is 0.493 e. The van der Waals surface area contributed by atoms with Crippen molar-refractivity contribution in [2.45, 2.75) is 13.3 Å². The number of amides is 2. The van der Waals surface area contributed by atoms with Crippen molar-refractivity contribution in [2.75, 3.05) is 53.5 Å². The standard InChI is InChI=1S/C18H27N3O4/c1-4-20-9-11-21(12-10-20)17(22)7-8-19-18(23)14-5-6-15(24-2)16(13-14)25-3/h5-6,13H,4,7-12H2,1-3H3,(H,19,23). The van der Waals surface area contributed by atoms with Gasteiger partial charge in [-0.3, -0.25) is 9.59 Å². The van der Waals surface area contributed by atoms with Crippen LogP contribution in [0.3, 0.4) is 0 Å². The van der Waals surface area contributed by atoms with E-state index >= 15 is 0 Å². The van der Waals surface area contributed by atoms with Crippen LogP contribution >= 0.6 is 0 Å². The van der Waals surface area contributed by atoms with E-state index in [-0.39, 0.29) is 11.8 Å². The first-order valence-corrected chi connectivity index (χ1v) is 8.59. The predicted octanol–water partition coefficient (Wildman–Crippen LogP) is 0.988. The summed E-state index contributed by atoms with van der Waals surface area (Å²) in [5.74, 6) is 0.924. The molecule has 0 bridgehead atoms. The Hall–Kier alpha value is -2.28. The van der Waals surface area contributed by atoms with Gasteiger partial charge in [0.05, 0.1) is 14.2 Å². The first-order valence-electron chi connectivity index (χ1n) is 8.59. The van der Waals surface area contributed by atoms with Crippen LogP contribution in [0.1, 0.15) is 23.7 Å². The van der Waals surface area contributed by atoms with Gasteiger partial charge in [0.2, 0.25) is 5.91 Å². The summed E-state index contributed by atoms with van der Waals surface area (Å²) in [6.45, 7) is 6.82. The lowest BCUT2D eigenvalue weighted by Gasteiger charge is -2.34. The van der Waals surface area contributed by atoms with E-state index in [0.717, 1.165) is 32.7 Å². The number of carbonyl (C=O) groups is 2. The monoisotopic (exact) mass is 349 g/mol. The maximum atomic E-state index is 12.2. The van der Waals surface area contributed by atoms with E-state index in [9.17, 15) is 9.59 Å². The van der Waals surface area contributed by atoms with Crippen LogP contribution in [0.2, 0.25) is 0 Å². The van der Waals surface area contributed by atoms with Crippen LogP contribution in [0.15, 0.2) is 18.2 Å². The molecule has 0 saturated carbocycles. The number of hydrogen-bond donors (Lipinski definition) is 1. The first-order chi connectivity index (χ1) is 12.1. The molecular weight excluding hydrogens is 322 g/mol. The number of carbonyl (C=O) groups excluding carboxylic acids is 2. The van der Waals surface area contributed by atoms with Crippen molar-refractivity contribution >= 4 is 11.8 Å². The highest BCUT2D eigenvalue weighted by molar-refractivity contribution is 5.95.